The van der Waals surface area contributed by atoms with Gasteiger partial charge >= 0.3 is 0 Å². The topological polar surface area (TPSA) is 81.2 Å². The SMILES string of the molecule is Nc1ccc(Cl)c(Nc2cc(F)cc([N+](=O)[O-])c2)c1. The largest absolute Gasteiger partial charge is 0.399 e. The first-order valence-corrected chi connectivity index (χ1v) is 5.60. The summed E-state index contributed by atoms with van der Waals surface area (Å²) in [6.45, 7) is 0. The summed E-state index contributed by atoms with van der Waals surface area (Å²) in [5.41, 5.74) is 6.40. The van der Waals surface area contributed by atoms with E-state index in [-0.39, 0.29) is 11.4 Å². The Hall–Kier alpha value is -2.34. The second-order valence-electron chi connectivity index (χ2n) is 3.82. The fourth-order valence-corrected chi connectivity index (χ4v) is 1.71. The maximum atomic E-state index is 13.3. The van der Waals surface area contributed by atoms with Crippen molar-refractivity contribution in [2.24, 2.45) is 0 Å². The number of hydrogen-bond acceptors (Lipinski definition) is 4. The number of nitro groups is 1. The summed E-state index contributed by atoms with van der Waals surface area (Å²) >= 11 is 5.94. The molecule has 7 heteroatoms. The van der Waals surface area contributed by atoms with E-state index in [1.54, 1.807) is 18.2 Å². The monoisotopic (exact) mass is 281 g/mol. The summed E-state index contributed by atoms with van der Waals surface area (Å²) < 4.78 is 13.3. The number of halogens is 2. The van der Waals surface area contributed by atoms with Crippen LogP contribution in [0.3, 0.4) is 0 Å². The molecule has 0 bridgehead atoms. The highest BCUT2D eigenvalue weighted by atomic mass is 35.5. The van der Waals surface area contributed by atoms with Crippen molar-refractivity contribution in [2.75, 3.05) is 11.1 Å². The third-order valence-electron chi connectivity index (χ3n) is 2.36. The van der Waals surface area contributed by atoms with Crippen LogP contribution in [-0.4, -0.2) is 4.92 Å². The first-order chi connectivity index (χ1) is 8.95. The Labute approximate surface area is 113 Å². The van der Waals surface area contributed by atoms with Crippen LogP contribution in [0.4, 0.5) is 27.1 Å². The summed E-state index contributed by atoms with van der Waals surface area (Å²) in [7, 11) is 0. The van der Waals surface area contributed by atoms with Crippen molar-refractivity contribution in [3.05, 3.63) is 57.4 Å². The molecule has 0 amide bonds. The zero-order chi connectivity index (χ0) is 14.0. The van der Waals surface area contributed by atoms with E-state index in [1.165, 1.54) is 6.07 Å². The Kier molecular flexibility index (Phi) is 3.52. The van der Waals surface area contributed by atoms with Crippen LogP contribution in [0.2, 0.25) is 5.02 Å². The minimum Gasteiger partial charge on any atom is -0.399 e. The fraction of sp³-hybridized carbons (Fsp3) is 0. The predicted molar refractivity (Wildman–Crippen MR) is 72.2 cm³/mol. The van der Waals surface area contributed by atoms with Crippen molar-refractivity contribution < 1.29 is 9.31 Å². The van der Waals surface area contributed by atoms with Gasteiger partial charge in [-0.25, -0.2) is 4.39 Å². The molecule has 3 N–H and O–H groups in total. The lowest BCUT2D eigenvalue weighted by Gasteiger charge is -2.09. The van der Waals surface area contributed by atoms with E-state index in [9.17, 15) is 14.5 Å². The van der Waals surface area contributed by atoms with Gasteiger partial charge in [0.05, 0.1) is 21.7 Å². The van der Waals surface area contributed by atoms with Gasteiger partial charge in [-0.1, -0.05) is 11.6 Å². The van der Waals surface area contributed by atoms with E-state index < -0.39 is 10.7 Å². The molecule has 0 saturated heterocycles. The predicted octanol–water partition coefficient (Wildman–Crippen LogP) is 3.71. The number of nitrogen functional groups attached to an aromatic ring is 1. The summed E-state index contributed by atoms with van der Waals surface area (Å²) in [6.07, 6.45) is 0. The van der Waals surface area contributed by atoms with Crippen molar-refractivity contribution >= 4 is 34.4 Å². The Balaban J connectivity index is 2.38. The van der Waals surface area contributed by atoms with E-state index in [4.69, 9.17) is 17.3 Å². The van der Waals surface area contributed by atoms with E-state index in [0.717, 1.165) is 12.1 Å². The van der Waals surface area contributed by atoms with E-state index in [1.807, 2.05) is 0 Å². The van der Waals surface area contributed by atoms with Gasteiger partial charge in [0.1, 0.15) is 5.82 Å². The number of anilines is 3. The van der Waals surface area contributed by atoms with Gasteiger partial charge in [-0.05, 0) is 24.3 Å². The molecule has 19 heavy (non-hydrogen) atoms. The lowest BCUT2D eigenvalue weighted by Crippen LogP contribution is -1.96. The molecule has 0 aromatic heterocycles. The Morgan fingerprint density at radius 1 is 1.26 bits per heavy atom. The molecular formula is C12H9ClFN3O2. The average Bonchev–Trinajstić information content (AvgIpc) is 2.33. The van der Waals surface area contributed by atoms with Gasteiger partial charge in [0.15, 0.2) is 0 Å². The number of non-ortho nitro benzene ring substituents is 1. The van der Waals surface area contributed by atoms with E-state index in [2.05, 4.69) is 5.32 Å². The number of rotatable bonds is 3. The second kappa shape index (κ2) is 5.11. The van der Waals surface area contributed by atoms with Gasteiger partial charge in [0.25, 0.3) is 5.69 Å². The zero-order valence-electron chi connectivity index (χ0n) is 9.56. The minimum atomic E-state index is -0.711. The van der Waals surface area contributed by atoms with Gasteiger partial charge in [-0.15, -0.1) is 0 Å². The van der Waals surface area contributed by atoms with Crippen LogP contribution >= 0.6 is 11.6 Å². The van der Waals surface area contributed by atoms with Crippen molar-refractivity contribution in [1.29, 1.82) is 0 Å². The van der Waals surface area contributed by atoms with Crippen LogP contribution in [0.25, 0.3) is 0 Å². The summed E-state index contributed by atoms with van der Waals surface area (Å²) in [6, 6.07) is 7.93. The van der Waals surface area contributed by atoms with E-state index >= 15 is 0 Å². The molecule has 0 radical (unpaired) electrons. The fourth-order valence-electron chi connectivity index (χ4n) is 1.55. The van der Waals surface area contributed by atoms with Gasteiger partial charge < -0.3 is 11.1 Å². The number of nitro benzene ring substituents is 1. The number of hydrogen-bond donors (Lipinski definition) is 2. The van der Waals surface area contributed by atoms with Gasteiger partial charge in [-0.2, -0.15) is 0 Å². The Bertz CT molecular complexity index is 649. The quantitative estimate of drug-likeness (QED) is 0.510. The van der Waals surface area contributed by atoms with Crippen LogP contribution in [0.5, 0.6) is 0 Å². The van der Waals surface area contributed by atoms with Gasteiger partial charge in [0.2, 0.25) is 0 Å². The highest BCUT2D eigenvalue weighted by Crippen LogP contribution is 2.29. The average molecular weight is 282 g/mol. The standard InChI is InChI=1S/C12H9ClFN3O2/c13-11-2-1-8(15)5-12(11)16-9-3-7(14)4-10(6-9)17(18)19/h1-6,16H,15H2. The van der Waals surface area contributed by atoms with Crippen LogP contribution in [0, 0.1) is 15.9 Å². The van der Waals surface area contributed by atoms with Crippen LogP contribution in [0.1, 0.15) is 0 Å². The molecule has 0 aliphatic rings. The highest BCUT2D eigenvalue weighted by Gasteiger charge is 2.11. The molecule has 0 spiro atoms. The first kappa shape index (κ1) is 13.1. The molecular weight excluding hydrogens is 273 g/mol. The third kappa shape index (κ3) is 3.11. The molecule has 0 heterocycles. The van der Waals surface area contributed by atoms with Crippen molar-refractivity contribution in [2.45, 2.75) is 0 Å². The number of nitrogens with one attached hydrogen (secondary N) is 1. The molecule has 0 aliphatic carbocycles. The lowest BCUT2D eigenvalue weighted by molar-refractivity contribution is -0.385. The maximum Gasteiger partial charge on any atom is 0.274 e. The van der Waals surface area contributed by atoms with Crippen molar-refractivity contribution in [3.63, 3.8) is 0 Å². The molecule has 0 fully saturated rings. The molecule has 0 atom stereocenters. The Morgan fingerprint density at radius 3 is 2.68 bits per heavy atom. The second-order valence-corrected chi connectivity index (χ2v) is 4.23. The van der Waals surface area contributed by atoms with Crippen LogP contribution < -0.4 is 11.1 Å². The molecule has 2 rings (SSSR count). The van der Waals surface area contributed by atoms with Crippen LogP contribution in [-0.2, 0) is 0 Å². The Morgan fingerprint density at radius 2 is 2.00 bits per heavy atom. The molecule has 0 unspecified atom stereocenters. The number of nitrogens with two attached hydrogens (primary N) is 1. The first-order valence-electron chi connectivity index (χ1n) is 5.23. The summed E-state index contributed by atoms with van der Waals surface area (Å²) in [5, 5.41) is 13.8. The third-order valence-corrected chi connectivity index (χ3v) is 2.69. The highest BCUT2D eigenvalue weighted by molar-refractivity contribution is 6.33. The molecule has 5 nitrogen and oxygen atoms in total. The molecule has 0 saturated carbocycles. The molecule has 2 aromatic carbocycles. The van der Waals surface area contributed by atoms with Gasteiger partial charge in [-0.3, -0.25) is 10.1 Å². The lowest BCUT2D eigenvalue weighted by atomic mass is 10.2. The minimum absolute atomic E-state index is 0.221. The van der Waals surface area contributed by atoms with Crippen molar-refractivity contribution in [3.8, 4) is 0 Å². The zero-order valence-corrected chi connectivity index (χ0v) is 10.3. The number of nitrogens with zero attached hydrogens (tertiary/aromatic N) is 1. The normalized spacial score (nSPS) is 10.2. The van der Waals surface area contributed by atoms with Gasteiger partial charge in [0, 0.05) is 17.4 Å². The molecule has 98 valence electrons. The molecule has 0 aliphatic heterocycles. The molecule has 2 aromatic rings. The number of benzene rings is 2. The van der Waals surface area contributed by atoms with Crippen LogP contribution in [0.15, 0.2) is 36.4 Å². The van der Waals surface area contributed by atoms with Crippen molar-refractivity contribution in [1.82, 2.24) is 0 Å². The summed E-state index contributed by atoms with van der Waals surface area (Å²) in [5.74, 6) is -0.711. The summed E-state index contributed by atoms with van der Waals surface area (Å²) in [4.78, 5) is 9.97. The smallest absolute Gasteiger partial charge is 0.274 e. The van der Waals surface area contributed by atoms with E-state index in [0.29, 0.717) is 16.4 Å². The maximum absolute atomic E-state index is 13.3.